The van der Waals surface area contributed by atoms with Crippen molar-refractivity contribution in [1.29, 1.82) is 0 Å². The van der Waals surface area contributed by atoms with Crippen molar-refractivity contribution in [1.82, 2.24) is 0 Å². The number of nitrogens with one attached hydrogen (secondary N) is 1. The van der Waals surface area contributed by atoms with Gasteiger partial charge in [-0.1, -0.05) is 36.4 Å². The molecule has 1 N–H and O–H groups in total. The van der Waals surface area contributed by atoms with Gasteiger partial charge in [0.05, 0.1) is 14.2 Å². The van der Waals surface area contributed by atoms with Crippen molar-refractivity contribution in [3.63, 3.8) is 0 Å². The number of amides is 1. The topological polar surface area (TPSA) is 47.6 Å². The molecule has 0 saturated heterocycles. The second kappa shape index (κ2) is 9.09. The van der Waals surface area contributed by atoms with E-state index in [9.17, 15) is 4.79 Å². The fourth-order valence-electron chi connectivity index (χ4n) is 3.06. The Bertz CT molecular complexity index is 948. The smallest absolute Gasteiger partial charge is 0.255 e. The summed E-state index contributed by atoms with van der Waals surface area (Å²) in [6.07, 6.45) is 1.77. The summed E-state index contributed by atoms with van der Waals surface area (Å²) in [6.45, 7) is 1.98. The van der Waals surface area contributed by atoms with E-state index in [1.54, 1.807) is 14.2 Å². The Kier molecular flexibility index (Phi) is 6.33. The minimum Gasteiger partial charge on any atom is -0.493 e. The number of hydrogen-bond donors (Lipinski definition) is 1. The molecule has 0 atom stereocenters. The van der Waals surface area contributed by atoms with Gasteiger partial charge in [0.25, 0.3) is 5.91 Å². The molecule has 28 heavy (non-hydrogen) atoms. The molecule has 144 valence electrons. The molecule has 0 aliphatic heterocycles. The summed E-state index contributed by atoms with van der Waals surface area (Å²) in [5.74, 6) is 1.37. The van der Waals surface area contributed by atoms with Crippen molar-refractivity contribution in [2.24, 2.45) is 0 Å². The molecule has 0 aromatic heterocycles. The lowest BCUT2D eigenvalue weighted by atomic mass is 10.0. The van der Waals surface area contributed by atoms with Crippen LogP contribution in [-0.2, 0) is 12.8 Å². The summed E-state index contributed by atoms with van der Waals surface area (Å²) >= 11 is 0. The van der Waals surface area contributed by atoms with Crippen LogP contribution in [0.3, 0.4) is 0 Å². The van der Waals surface area contributed by atoms with Crippen molar-refractivity contribution in [2.45, 2.75) is 19.8 Å². The third-order valence-electron chi connectivity index (χ3n) is 4.76. The van der Waals surface area contributed by atoms with Gasteiger partial charge >= 0.3 is 0 Å². The number of para-hydroxylation sites is 1. The van der Waals surface area contributed by atoms with E-state index in [4.69, 9.17) is 9.47 Å². The van der Waals surface area contributed by atoms with Crippen LogP contribution in [0.4, 0.5) is 5.69 Å². The first-order valence-corrected chi connectivity index (χ1v) is 9.27. The molecule has 3 aromatic rings. The van der Waals surface area contributed by atoms with E-state index in [0.29, 0.717) is 5.56 Å². The van der Waals surface area contributed by atoms with Crippen LogP contribution in [0.25, 0.3) is 0 Å². The Labute approximate surface area is 166 Å². The predicted octanol–water partition coefficient (Wildman–Crippen LogP) is 5.05. The number of methoxy groups -OCH3 is 2. The molecular weight excluding hydrogens is 350 g/mol. The average molecular weight is 375 g/mol. The van der Waals surface area contributed by atoms with Gasteiger partial charge in [0.2, 0.25) is 0 Å². The van der Waals surface area contributed by atoms with Crippen LogP contribution < -0.4 is 14.8 Å². The van der Waals surface area contributed by atoms with Crippen molar-refractivity contribution in [3.8, 4) is 11.5 Å². The van der Waals surface area contributed by atoms with Crippen LogP contribution in [0.1, 0.15) is 27.0 Å². The van der Waals surface area contributed by atoms with Crippen LogP contribution in [0, 0.1) is 6.92 Å². The molecule has 0 aliphatic rings. The first-order chi connectivity index (χ1) is 13.6. The molecule has 0 bridgehead atoms. The van der Waals surface area contributed by atoms with Crippen molar-refractivity contribution in [3.05, 3.63) is 89.0 Å². The van der Waals surface area contributed by atoms with Gasteiger partial charge in [0.15, 0.2) is 11.5 Å². The number of carbonyl (C=O) groups is 1. The fraction of sp³-hybridized carbons (Fsp3) is 0.208. The highest BCUT2D eigenvalue weighted by atomic mass is 16.5. The second-order valence-electron chi connectivity index (χ2n) is 6.66. The first kappa shape index (κ1) is 19.5. The average Bonchev–Trinajstić information content (AvgIpc) is 2.74. The van der Waals surface area contributed by atoms with Crippen molar-refractivity contribution in [2.75, 3.05) is 19.5 Å². The lowest BCUT2D eigenvalue weighted by Crippen LogP contribution is -2.12. The van der Waals surface area contributed by atoms with E-state index in [0.717, 1.165) is 35.6 Å². The molecule has 3 aromatic carbocycles. The van der Waals surface area contributed by atoms with Crippen LogP contribution in [0.15, 0.2) is 66.7 Å². The quantitative estimate of drug-likeness (QED) is 0.629. The first-order valence-electron chi connectivity index (χ1n) is 9.27. The summed E-state index contributed by atoms with van der Waals surface area (Å²) in [7, 11) is 3.27. The summed E-state index contributed by atoms with van der Waals surface area (Å²) in [5.41, 5.74) is 4.90. The lowest BCUT2D eigenvalue weighted by molar-refractivity contribution is 0.102. The Morgan fingerprint density at radius 2 is 1.46 bits per heavy atom. The van der Waals surface area contributed by atoms with Gasteiger partial charge in [-0.15, -0.1) is 0 Å². The number of benzene rings is 3. The van der Waals surface area contributed by atoms with Gasteiger partial charge in [0.1, 0.15) is 0 Å². The number of ether oxygens (including phenoxy) is 2. The van der Waals surface area contributed by atoms with Gasteiger partial charge in [-0.2, -0.15) is 0 Å². The number of rotatable bonds is 7. The van der Waals surface area contributed by atoms with Crippen LogP contribution in [-0.4, -0.2) is 20.1 Å². The summed E-state index contributed by atoms with van der Waals surface area (Å²) in [6, 6.07) is 21.5. The molecule has 3 rings (SSSR count). The predicted molar refractivity (Wildman–Crippen MR) is 113 cm³/mol. The molecule has 0 saturated carbocycles. The van der Waals surface area contributed by atoms with E-state index < -0.39 is 0 Å². The molecule has 0 fully saturated rings. The zero-order valence-electron chi connectivity index (χ0n) is 16.5. The number of anilines is 1. The normalized spacial score (nSPS) is 10.4. The molecular formula is C24H25NO3. The highest BCUT2D eigenvalue weighted by Gasteiger charge is 2.08. The van der Waals surface area contributed by atoms with Gasteiger partial charge in [-0.05, 0) is 66.8 Å². The Morgan fingerprint density at radius 3 is 2.14 bits per heavy atom. The summed E-state index contributed by atoms with van der Waals surface area (Å²) < 4.78 is 10.6. The van der Waals surface area contributed by atoms with Gasteiger partial charge in [0, 0.05) is 11.3 Å². The maximum Gasteiger partial charge on any atom is 0.255 e. The Balaban J connectivity index is 1.61. The summed E-state index contributed by atoms with van der Waals surface area (Å²) in [4.78, 5) is 12.5. The van der Waals surface area contributed by atoms with E-state index in [-0.39, 0.29) is 5.91 Å². The van der Waals surface area contributed by atoms with Gasteiger partial charge < -0.3 is 14.8 Å². The molecule has 0 heterocycles. The Hall–Kier alpha value is -3.27. The molecule has 0 unspecified atom stereocenters. The third-order valence-corrected chi connectivity index (χ3v) is 4.76. The van der Waals surface area contributed by atoms with Crippen LogP contribution >= 0.6 is 0 Å². The lowest BCUT2D eigenvalue weighted by Gasteiger charge is -2.10. The van der Waals surface area contributed by atoms with Crippen molar-refractivity contribution < 1.29 is 14.3 Å². The standard InChI is InChI=1S/C24H25NO3/c1-17-6-4-5-7-21(17)25-24(26)20-13-10-18(11-14-20)8-9-19-12-15-22(27-2)23(16-19)28-3/h4-7,10-16H,8-9H2,1-3H3,(H,25,26). The molecule has 4 nitrogen and oxygen atoms in total. The monoisotopic (exact) mass is 375 g/mol. The van der Waals surface area contributed by atoms with E-state index in [1.807, 2.05) is 73.7 Å². The highest BCUT2D eigenvalue weighted by Crippen LogP contribution is 2.28. The maximum absolute atomic E-state index is 12.5. The SMILES string of the molecule is COc1ccc(CCc2ccc(C(=O)Nc3ccccc3C)cc2)cc1OC. The van der Waals surface area contributed by atoms with Gasteiger partial charge in [-0.25, -0.2) is 0 Å². The third kappa shape index (κ3) is 4.71. The number of carbonyl (C=O) groups excluding carboxylic acids is 1. The summed E-state index contributed by atoms with van der Waals surface area (Å²) in [5, 5.41) is 2.96. The number of aryl methyl sites for hydroxylation is 3. The van der Waals surface area contributed by atoms with Crippen LogP contribution in [0.2, 0.25) is 0 Å². The van der Waals surface area contributed by atoms with Gasteiger partial charge in [-0.3, -0.25) is 4.79 Å². The number of hydrogen-bond acceptors (Lipinski definition) is 3. The second-order valence-corrected chi connectivity index (χ2v) is 6.66. The molecule has 0 radical (unpaired) electrons. The van der Waals surface area contributed by atoms with E-state index in [2.05, 4.69) is 5.32 Å². The minimum atomic E-state index is -0.0965. The minimum absolute atomic E-state index is 0.0965. The van der Waals surface area contributed by atoms with E-state index >= 15 is 0 Å². The van der Waals surface area contributed by atoms with Crippen LogP contribution in [0.5, 0.6) is 11.5 Å². The molecule has 0 aliphatic carbocycles. The maximum atomic E-state index is 12.5. The molecule has 1 amide bonds. The largest absolute Gasteiger partial charge is 0.493 e. The molecule has 4 heteroatoms. The fourth-order valence-corrected chi connectivity index (χ4v) is 3.06. The Morgan fingerprint density at radius 1 is 0.821 bits per heavy atom. The van der Waals surface area contributed by atoms with E-state index in [1.165, 1.54) is 11.1 Å². The van der Waals surface area contributed by atoms with Crippen molar-refractivity contribution >= 4 is 11.6 Å². The highest BCUT2D eigenvalue weighted by molar-refractivity contribution is 6.04. The molecule has 0 spiro atoms. The zero-order valence-corrected chi connectivity index (χ0v) is 16.5. The zero-order chi connectivity index (χ0) is 19.9.